The minimum Gasteiger partial charge on any atom is -0.351 e. The predicted octanol–water partition coefficient (Wildman–Crippen LogP) is 2.83. The van der Waals surface area contributed by atoms with Crippen LogP contribution >= 0.6 is 0 Å². The molecule has 1 aromatic rings. The Balaban J connectivity index is 0.000000771. The number of nitrogens with one attached hydrogen (secondary N) is 1. The molecule has 0 aromatic heterocycles. The Morgan fingerprint density at radius 3 is 2.78 bits per heavy atom. The van der Waals surface area contributed by atoms with Gasteiger partial charge in [-0.05, 0) is 30.0 Å². The third kappa shape index (κ3) is 3.29. The molecule has 0 bridgehead atoms. The molecule has 0 fully saturated rings. The van der Waals surface area contributed by atoms with Gasteiger partial charge in [-0.3, -0.25) is 0 Å². The van der Waals surface area contributed by atoms with Crippen LogP contribution in [-0.2, 0) is 12.8 Å². The molecule has 0 spiro atoms. The fourth-order valence-electron chi connectivity index (χ4n) is 2.11. The third-order valence-electron chi connectivity index (χ3n) is 2.87. The monoisotopic (exact) mass is 249 g/mol. The Morgan fingerprint density at radius 2 is 2.17 bits per heavy atom. The zero-order valence-electron chi connectivity index (χ0n) is 10.8. The highest BCUT2D eigenvalue weighted by Crippen LogP contribution is 2.29. The molecule has 0 saturated carbocycles. The van der Waals surface area contributed by atoms with E-state index in [9.17, 15) is 9.70 Å². The first-order chi connectivity index (χ1) is 8.70. The van der Waals surface area contributed by atoms with E-state index in [0.29, 0.717) is 12.1 Å². The molecule has 5 nitrogen and oxygen atoms in total. The molecular weight excluding hydrogens is 230 g/mol. The standard InChI is InChI=1S/C11H13N3O2.C2H6/c12-11(15)13-10-3-1-2-7-4-5-8(14-16)6-9(7)10;1-2/h1-3,8H,4-6H2,(H3,12,13,15);1-2H3. The zero-order chi connectivity index (χ0) is 13.5. The molecule has 18 heavy (non-hydrogen) atoms. The molecule has 1 aliphatic rings. The van der Waals surface area contributed by atoms with Gasteiger partial charge in [0, 0.05) is 12.1 Å². The van der Waals surface area contributed by atoms with Crippen molar-refractivity contribution in [3.8, 4) is 0 Å². The highest BCUT2D eigenvalue weighted by molar-refractivity contribution is 5.89. The number of aryl methyl sites for hydroxylation is 1. The summed E-state index contributed by atoms with van der Waals surface area (Å²) in [5, 5.41) is 5.65. The summed E-state index contributed by atoms with van der Waals surface area (Å²) in [6.07, 6.45) is 2.17. The Labute approximate surface area is 107 Å². The lowest BCUT2D eigenvalue weighted by molar-refractivity contribution is 0.259. The topological polar surface area (TPSA) is 84.6 Å². The van der Waals surface area contributed by atoms with Crippen molar-refractivity contribution in [2.45, 2.75) is 39.2 Å². The fraction of sp³-hybridized carbons (Fsp3) is 0.462. The minimum absolute atomic E-state index is 0.191. The first kappa shape index (κ1) is 14.2. The van der Waals surface area contributed by atoms with Gasteiger partial charge in [-0.15, -0.1) is 0 Å². The summed E-state index contributed by atoms with van der Waals surface area (Å²) >= 11 is 0. The number of urea groups is 1. The Kier molecular flexibility index (Phi) is 5.30. The van der Waals surface area contributed by atoms with E-state index in [0.717, 1.165) is 24.0 Å². The number of amides is 2. The third-order valence-corrected chi connectivity index (χ3v) is 2.87. The van der Waals surface area contributed by atoms with Crippen LogP contribution in [0, 0.1) is 4.91 Å². The molecule has 0 aliphatic heterocycles. The van der Waals surface area contributed by atoms with E-state index in [-0.39, 0.29) is 6.04 Å². The van der Waals surface area contributed by atoms with E-state index in [2.05, 4.69) is 10.5 Å². The van der Waals surface area contributed by atoms with Gasteiger partial charge in [-0.2, -0.15) is 4.91 Å². The highest BCUT2D eigenvalue weighted by Gasteiger charge is 2.21. The number of nitrogens with zero attached hydrogens (tertiary/aromatic N) is 1. The van der Waals surface area contributed by atoms with Crippen LogP contribution in [0.2, 0.25) is 0 Å². The summed E-state index contributed by atoms with van der Waals surface area (Å²) < 4.78 is 0. The lowest BCUT2D eigenvalue weighted by Crippen LogP contribution is -2.23. The number of primary amides is 1. The summed E-state index contributed by atoms with van der Waals surface area (Å²) in [6, 6.07) is 4.89. The van der Waals surface area contributed by atoms with Crippen LogP contribution in [0.3, 0.4) is 0 Å². The molecule has 3 N–H and O–H groups in total. The maximum Gasteiger partial charge on any atom is 0.316 e. The number of hydrogen-bond donors (Lipinski definition) is 2. The number of fused-ring (bicyclic) bond motifs is 1. The number of carbonyl (C=O) groups is 1. The molecule has 1 atom stereocenters. The quantitative estimate of drug-likeness (QED) is 0.790. The van der Waals surface area contributed by atoms with Crippen molar-refractivity contribution in [1.29, 1.82) is 0 Å². The van der Waals surface area contributed by atoms with Crippen molar-refractivity contribution < 1.29 is 4.79 Å². The molecule has 2 amide bonds. The number of rotatable bonds is 2. The van der Waals surface area contributed by atoms with Gasteiger partial charge >= 0.3 is 6.03 Å². The normalized spacial score (nSPS) is 16.9. The van der Waals surface area contributed by atoms with E-state index in [1.54, 1.807) is 6.07 Å². The van der Waals surface area contributed by atoms with Crippen LogP contribution in [0.1, 0.15) is 31.4 Å². The minimum atomic E-state index is -0.588. The molecule has 0 heterocycles. The van der Waals surface area contributed by atoms with E-state index in [1.165, 1.54) is 0 Å². The van der Waals surface area contributed by atoms with Crippen molar-refractivity contribution in [3.63, 3.8) is 0 Å². The molecule has 1 aliphatic carbocycles. The largest absolute Gasteiger partial charge is 0.351 e. The van der Waals surface area contributed by atoms with Gasteiger partial charge in [0.2, 0.25) is 0 Å². The molecule has 1 unspecified atom stereocenters. The van der Waals surface area contributed by atoms with Crippen LogP contribution in [0.4, 0.5) is 10.5 Å². The lowest BCUT2D eigenvalue weighted by Gasteiger charge is -2.22. The molecule has 1 aromatic carbocycles. The fourth-order valence-corrected chi connectivity index (χ4v) is 2.11. The first-order valence-electron chi connectivity index (χ1n) is 6.20. The van der Waals surface area contributed by atoms with Gasteiger partial charge in [0.15, 0.2) is 0 Å². The summed E-state index contributed by atoms with van der Waals surface area (Å²) in [5.41, 5.74) is 7.92. The predicted molar refractivity (Wildman–Crippen MR) is 72.6 cm³/mol. The number of hydrogen-bond acceptors (Lipinski definition) is 3. The molecule has 2 rings (SSSR count). The maximum atomic E-state index is 10.8. The van der Waals surface area contributed by atoms with E-state index < -0.39 is 6.03 Å². The molecule has 98 valence electrons. The van der Waals surface area contributed by atoms with Crippen molar-refractivity contribution in [2.24, 2.45) is 10.9 Å². The Hall–Kier alpha value is -1.91. The van der Waals surface area contributed by atoms with Crippen molar-refractivity contribution >= 4 is 11.7 Å². The van der Waals surface area contributed by atoms with Gasteiger partial charge in [-0.25, -0.2) is 4.79 Å². The van der Waals surface area contributed by atoms with Gasteiger partial charge in [-0.1, -0.05) is 31.2 Å². The SMILES string of the molecule is CC.NC(=O)Nc1cccc2c1CC(N=O)CC2. The zero-order valence-corrected chi connectivity index (χ0v) is 10.8. The highest BCUT2D eigenvalue weighted by atomic mass is 16.3. The van der Waals surface area contributed by atoms with Gasteiger partial charge in [0.25, 0.3) is 0 Å². The van der Waals surface area contributed by atoms with Crippen molar-refractivity contribution in [3.05, 3.63) is 34.2 Å². The summed E-state index contributed by atoms with van der Waals surface area (Å²) in [4.78, 5) is 21.4. The number of carbonyl (C=O) groups excluding carboxylic acids is 1. The second kappa shape index (κ2) is 6.74. The summed E-state index contributed by atoms with van der Waals surface area (Å²) in [7, 11) is 0. The van der Waals surface area contributed by atoms with E-state index in [1.807, 2.05) is 26.0 Å². The van der Waals surface area contributed by atoms with Crippen LogP contribution in [0.5, 0.6) is 0 Å². The number of nitroso groups, excluding NO2 is 1. The first-order valence-corrected chi connectivity index (χ1v) is 6.20. The summed E-state index contributed by atoms with van der Waals surface area (Å²) in [6.45, 7) is 4.00. The molecule has 0 saturated heterocycles. The maximum absolute atomic E-state index is 10.8. The molecular formula is C13H19N3O2. The van der Waals surface area contributed by atoms with E-state index >= 15 is 0 Å². The van der Waals surface area contributed by atoms with Crippen LogP contribution < -0.4 is 11.1 Å². The number of nitrogens with two attached hydrogens (primary N) is 1. The average Bonchev–Trinajstić information content (AvgIpc) is 2.40. The van der Waals surface area contributed by atoms with E-state index in [4.69, 9.17) is 5.73 Å². The number of benzene rings is 1. The van der Waals surface area contributed by atoms with Crippen LogP contribution in [-0.4, -0.2) is 12.1 Å². The number of anilines is 1. The van der Waals surface area contributed by atoms with Gasteiger partial charge in [0.05, 0.1) is 6.04 Å². The second-order valence-corrected chi connectivity index (χ2v) is 3.93. The van der Waals surface area contributed by atoms with Gasteiger partial charge in [0.1, 0.15) is 0 Å². The average molecular weight is 249 g/mol. The second-order valence-electron chi connectivity index (χ2n) is 3.93. The summed E-state index contributed by atoms with van der Waals surface area (Å²) in [5.74, 6) is 0. The van der Waals surface area contributed by atoms with Gasteiger partial charge < -0.3 is 11.1 Å². The Bertz CT molecular complexity index is 432. The molecule has 0 radical (unpaired) electrons. The van der Waals surface area contributed by atoms with Crippen LogP contribution in [0.25, 0.3) is 0 Å². The Morgan fingerprint density at radius 1 is 1.44 bits per heavy atom. The lowest BCUT2D eigenvalue weighted by atomic mass is 9.87. The van der Waals surface area contributed by atoms with Crippen molar-refractivity contribution in [1.82, 2.24) is 0 Å². The molecule has 5 heteroatoms. The van der Waals surface area contributed by atoms with Crippen molar-refractivity contribution in [2.75, 3.05) is 5.32 Å². The smallest absolute Gasteiger partial charge is 0.316 e. The van der Waals surface area contributed by atoms with Crippen LogP contribution in [0.15, 0.2) is 23.4 Å².